The van der Waals surface area contributed by atoms with Gasteiger partial charge >= 0.3 is 0 Å². The first kappa shape index (κ1) is 8.84. The summed E-state index contributed by atoms with van der Waals surface area (Å²) in [4.78, 5) is 14.3. The molecule has 0 atom stereocenters. The minimum atomic E-state index is -0.0414. The van der Waals surface area contributed by atoms with Gasteiger partial charge < -0.3 is 8.94 Å². The van der Waals surface area contributed by atoms with E-state index in [-0.39, 0.29) is 5.89 Å². The second-order valence-corrected chi connectivity index (χ2v) is 3.22. The second kappa shape index (κ2) is 3.30. The van der Waals surface area contributed by atoms with Crippen LogP contribution in [0.1, 0.15) is 10.7 Å². The zero-order valence-electron chi connectivity index (χ0n) is 8.08. The van der Waals surface area contributed by atoms with Crippen molar-refractivity contribution >= 4 is 17.3 Å². The quantitative estimate of drug-likeness (QED) is 0.612. The molecule has 5 heteroatoms. The van der Waals surface area contributed by atoms with Crippen LogP contribution in [0.5, 0.6) is 0 Å². The van der Waals surface area contributed by atoms with Crippen molar-refractivity contribution in [2.75, 3.05) is 0 Å². The molecule has 5 nitrogen and oxygen atoms in total. The third-order valence-corrected chi connectivity index (χ3v) is 2.26. The molecule has 16 heavy (non-hydrogen) atoms. The molecule has 2 aromatic heterocycles. The molecule has 0 aliphatic rings. The van der Waals surface area contributed by atoms with E-state index < -0.39 is 0 Å². The van der Waals surface area contributed by atoms with E-state index in [0.717, 1.165) is 11.0 Å². The first-order valence-corrected chi connectivity index (χ1v) is 4.64. The molecule has 3 rings (SSSR count). The molecule has 0 unspecified atom stereocenters. The fourth-order valence-electron chi connectivity index (χ4n) is 1.54. The highest BCUT2D eigenvalue weighted by atomic mass is 16.5. The largest absolute Gasteiger partial charge is 0.464 e. The standard InChI is InChI=1S/C11H6N2O3/c14-5-10-12-11(13-16-10)8-6-15-9-4-2-1-3-7(8)9/h1-6H. The van der Waals surface area contributed by atoms with Crippen LogP contribution in [-0.2, 0) is 0 Å². The van der Waals surface area contributed by atoms with Gasteiger partial charge in [-0.25, -0.2) is 0 Å². The van der Waals surface area contributed by atoms with Gasteiger partial charge in [0.15, 0.2) is 0 Å². The lowest BCUT2D eigenvalue weighted by Crippen LogP contribution is -1.80. The molecule has 0 N–H and O–H groups in total. The highest BCUT2D eigenvalue weighted by Crippen LogP contribution is 2.28. The predicted molar refractivity (Wildman–Crippen MR) is 54.9 cm³/mol. The molecule has 2 heterocycles. The van der Waals surface area contributed by atoms with E-state index in [1.54, 1.807) is 6.26 Å². The van der Waals surface area contributed by atoms with Gasteiger partial charge in [0, 0.05) is 5.39 Å². The minimum absolute atomic E-state index is 0.0414. The Kier molecular flexibility index (Phi) is 1.83. The lowest BCUT2D eigenvalue weighted by atomic mass is 10.2. The Balaban J connectivity index is 2.21. The van der Waals surface area contributed by atoms with Gasteiger partial charge in [0.05, 0.1) is 5.56 Å². The van der Waals surface area contributed by atoms with Crippen molar-refractivity contribution in [1.82, 2.24) is 10.1 Å². The summed E-state index contributed by atoms with van der Waals surface area (Å²) in [6.45, 7) is 0. The molecule has 0 amide bonds. The minimum Gasteiger partial charge on any atom is -0.464 e. The molecule has 0 fully saturated rings. The average Bonchev–Trinajstić information content (AvgIpc) is 2.94. The Labute approximate surface area is 89.7 Å². The molecule has 1 aromatic carbocycles. The molecular weight excluding hydrogens is 208 g/mol. The summed E-state index contributed by atoms with van der Waals surface area (Å²) in [7, 11) is 0. The monoisotopic (exact) mass is 214 g/mol. The number of benzene rings is 1. The fourth-order valence-corrected chi connectivity index (χ4v) is 1.54. The van der Waals surface area contributed by atoms with Crippen molar-refractivity contribution in [3.8, 4) is 11.4 Å². The Morgan fingerprint density at radius 2 is 2.12 bits per heavy atom. The van der Waals surface area contributed by atoms with E-state index in [1.165, 1.54) is 0 Å². The van der Waals surface area contributed by atoms with Crippen molar-refractivity contribution in [3.05, 3.63) is 36.4 Å². The first-order valence-electron chi connectivity index (χ1n) is 4.64. The number of aromatic nitrogens is 2. The fraction of sp³-hybridized carbons (Fsp3) is 0. The number of carbonyl (C=O) groups excluding carboxylic acids is 1. The molecule has 0 spiro atoms. The lowest BCUT2D eigenvalue weighted by molar-refractivity contribution is 0.108. The Bertz CT molecular complexity index is 654. The van der Waals surface area contributed by atoms with Gasteiger partial charge in [-0.3, -0.25) is 4.79 Å². The highest BCUT2D eigenvalue weighted by molar-refractivity contribution is 5.92. The van der Waals surface area contributed by atoms with Crippen LogP contribution >= 0.6 is 0 Å². The molecule has 0 saturated carbocycles. The van der Waals surface area contributed by atoms with Crippen LogP contribution in [0.3, 0.4) is 0 Å². The van der Waals surface area contributed by atoms with Crippen molar-refractivity contribution in [2.24, 2.45) is 0 Å². The van der Waals surface area contributed by atoms with E-state index in [4.69, 9.17) is 8.94 Å². The molecule has 0 bridgehead atoms. The third-order valence-electron chi connectivity index (χ3n) is 2.26. The molecule has 0 aliphatic carbocycles. The van der Waals surface area contributed by atoms with Gasteiger partial charge in [-0.2, -0.15) is 4.98 Å². The molecule has 78 valence electrons. The number of hydrogen-bond donors (Lipinski definition) is 0. The molecule has 3 aromatic rings. The lowest BCUT2D eigenvalue weighted by Gasteiger charge is -1.88. The summed E-state index contributed by atoms with van der Waals surface area (Å²) >= 11 is 0. The molecule has 0 radical (unpaired) electrons. The van der Waals surface area contributed by atoms with E-state index in [9.17, 15) is 4.79 Å². The number of aldehydes is 1. The summed E-state index contributed by atoms with van der Waals surface area (Å²) in [5.41, 5.74) is 1.46. The van der Waals surface area contributed by atoms with Crippen molar-refractivity contribution in [3.63, 3.8) is 0 Å². The third kappa shape index (κ3) is 1.22. The maximum Gasteiger partial charge on any atom is 0.291 e. The van der Waals surface area contributed by atoms with Crippen LogP contribution in [0.25, 0.3) is 22.4 Å². The maximum absolute atomic E-state index is 10.4. The smallest absolute Gasteiger partial charge is 0.291 e. The maximum atomic E-state index is 10.4. The highest BCUT2D eigenvalue weighted by Gasteiger charge is 2.13. The number of rotatable bonds is 2. The van der Waals surface area contributed by atoms with Crippen LogP contribution in [0, 0.1) is 0 Å². The first-order chi connectivity index (χ1) is 7.88. The van der Waals surface area contributed by atoms with Gasteiger partial charge in [-0.1, -0.05) is 23.4 Å². The van der Waals surface area contributed by atoms with Crippen LogP contribution < -0.4 is 0 Å². The van der Waals surface area contributed by atoms with E-state index in [1.807, 2.05) is 24.3 Å². The van der Waals surface area contributed by atoms with Crippen LogP contribution in [0.4, 0.5) is 0 Å². The normalized spacial score (nSPS) is 10.8. The second-order valence-electron chi connectivity index (χ2n) is 3.22. The summed E-state index contributed by atoms with van der Waals surface area (Å²) in [6, 6.07) is 7.51. The van der Waals surface area contributed by atoms with Crippen LogP contribution in [-0.4, -0.2) is 16.4 Å². The number of nitrogens with zero attached hydrogens (tertiary/aromatic N) is 2. The SMILES string of the molecule is O=Cc1nc(-c2coc3ccccc23)no1. The summed E-state index contributed by atoms with van der Waals surface area (Å²) in [5.74, 6) is 0.312. The van der Waals surface area contributed by atoms with Gasteiger partial charge in [-0.15, -0.1) is 0 Å². The number of carbonyl (C=O) groups is 1. The number of fused-ring (bicyclic) bond motifs is 1. The molecule has 0 saturated heterocycles. The summed E-state index contributed by atoms with van der Waals surface area (Å²) in [5, 5.41) is 4.59. The van der Waals surface area contributed by atoms with Gasteiger partial charge in [0.1, 0.15) is 11.8 Å². The van der Waals surface area contributed by atoms with Crippen molar-refractivity contribution in [2.45, 2.75) is 0 Å². The predicted octanol–water partition coefficient (Wildman–Crippen LogP) is 2.30. The Hall–Kier alpha value is -2.43. The van der Waals surface area contributed by atoms with Gasteiger partial charge in [0.25, 0.3) is 5.89 Å². The average molecular weight is 214 g/mol. The van der Waals surface area contributed by atoms with E-state index >= 15 is 0 Å². The van der Waals surface area contributed by atoms with Crippen LogP contribution in [0.2, 0.25) is 0 Å². The zero-order valence-corrected chi connectivity index (χ0v) is 8.08. The van der Waals surface area contributed by atoms with Gasteiger partial charge in [0.2, 0.25) is 12.1 Å². The number of para-hydroxylation sites is 1. The Morgan fingerprint density at radius 1 is 1.25 bits per heavy atom. The van der Waals surface area contributed by atoms with E-state index in [2.05, 4.69) is 10.1 Å². The topological polar surface area (TPSA) is 69.1 Å². The van der Waals surface area contributed by atoms with Gasteiger partial charge in [-0.05, 0) is 6.07 Å². The molecular formula is C11H6N2O3. The van der Waals surface area contributed by atoms with Crippen molar-refractivity contribution in [1.29, 1.82) is 0 Å². The van der Waals surface area contributed by atoms with Crippen molar-refractivity contribution < 1.29 is 13.7 Å². The number of hydrogen-bond acceptors (Lipinski definition) is 5. The number of furan rings is 1. The molecule has 0 aliphatic heterocycles. The zero-order chi connectivity index (χ0) is 11.0. The summed E-state index contributed by atoms with van der Waals surface area (Å²) in [6.07, 6.45) is 2.06. The Morgan fingerprint density at radius 3 is 2.94 bits per heavy atom. The summed E-state index contributed by atoms with van der Waals surface area (Å²) < 4.78 is 10.1. The van der Waals surface area contributed by atoms with Crippen LogP contribution in [0.15, 0.2) is 39.5 Å². The van der Waals surface area contributed by atoms with E-state index in [0.29, 0.717) is 17.7 Å².